The predicted octanol–water partition coefficient (Wildman–Crippen LogP) is 1.99. The van der Waals surface area contributed by atoms with E-state index in [9.17, 15) is 0 Å². The first kappa shape index (κ1) is 13.0. The van der Waals surface area contributed by atoms with Gasteiger partial charge in [0.25, 0.3) is 0 Å². The normalized spacial score (nSPS) is 24.4. The standard InChI is InChI=1S/C15H24N4S/c1-11-14(10-16-12-2-3-12)20-15(17-11)19-8-6-18(7-9-19)13-4-5-13/h12-13,16H,2-10H2,1H3. The highest BCUT2D eigenvalue weighted by molar-refractivity contribution is 7.15. The average Bonchev–Trinajstić information content (AvgIpc) is 3.36. The Hall–Kier alpha value is -0.650. The van der Waals surface area contributed by atoms with Crippen molar-refractivity contribution in [2.24, 2.45) is 0 Å². The lowest BCUT2D eigenvalue weighted by Crippen LogP contribution is -2.47. The van der Waals surface area contributed by atoms with E-state index in [1.807, 2.05) is 11.3 Å². The second-order valence-electron chi connectivity index (χ2n) is 6.41. The van der Waals surface area contributed by atoms with E-state index in [0.29, 0.717) is 0 Å². The highest BCUT2D eigenvalue weighted by Crippen LogP contribution is 2.31. The fourth-order valence-corrected chi connectivity index (χ4v) is 4.02. The predicted molar refractivity (Wildman–Crippen MR) is 83.5 cm³/mol. The molecule has 5 heteroatoms. The van der Waals surface area contributed by atoms with Crippen molar-refractivity contribution in [2.75, 3.05) is 31.1 Å². The molecule has 0 atom stereocenters. The Labute approximate surface area is 125 Å². The SMILES string of the molecule is Cc1nc(N2CCN(C3CC3)CC2)sc1CNC1CC1. The molecule has 3 fully saturated rings. The summed E-state index contributed by atoms with van der Waals surface area (Å²) >= 11 is 1.89. The van der Waals surface area contributed by atoms with Gasteiger partial charge in [-0.3, -0.25) is 4.90 Å². The van der Waals surface area contributed by atoms with Crippen LogP contribution in [0.5, 0.6) is 0 Å². The van der Waals surface area contributed by atoms with Gasteiger partial charge in [-0.05, 0) is 32.6 Å². The fraction of sp³-hybridized carbons (Fsp3) is 0.800. The second kappa shape index (κ2) is 5.28. The molecule has 1 aromatic rings. The summed E-state index contributed by atoms with van der Waals surface area (Å²) < 4.78 is 0. The number of piperazine rings is 1. The molecule has 1 saturated heterocycles. The number of hydrogen-bond acceptors (Lipinski definition) is 5. The summed E-state index contributed by atoms with van der Waals surface area (Å²) in [6, 6.07) is 1.69. The molecule has 1 aliphatic heterocycles. The molecule has 20 heavy (non-hydrogen) atoms. The van der Waals surface area contributed by atoms with Gasteiger partial charge in [0.1, 0.15) is 0 Å². The third-order valence-corrected chi connectivity index (χ3v) is 5.88. The Balaban J connectivity index is 1.36. The summed E-state index contributed by atoms with van der Waals surface area (Å²) in [7, 11) is 0. The molecule has 2 aliphatic carbocycles. The first-order valence-corrected chi connectivity index (χ1v) is 8.80. The van der Waals surface area contributed by atoms with Gasteiger partial charge in [0.15, 0.2) is 5.13 Å². The van der Waals surface area contributed by atoms with Crippen molar-refractivity contribution in [3.63, 3.8) is 0 Å². The Morgan fingerprint density at radius 1 is 1.15 bits per heavy atom. The number of thiazole rings is 1. The van der Waals surface area contributed by atoms with Crippen LogP contribution in [0.4, 0.5) is 5.13 Å². The quantitative estimate of drug-likeness (QED) is 0.899. The van der Waals surface area contributed by atoms with Crippen LogP contribution in [0, 0.1) is 6.92 Å². The molecule has 4 nitrogen and oxygen atoms in total. The van der Waals surface area contributed by atoms with Gasteiger partial charge >= 0.3 is 0 Å². The molecular formula is C15H24N4S. The van der Waals surface area contributed by atoms with Crippen LogP contribution < -0.4 is 10.2 Å². The molecule has 1 N–H and O–H groups in total. The maximum Gasteiger partial charge on any atom is 0.185 e. The molecule has 0 bridgehead atoms. The van der Waals surface area contributed by atoms with Crippen LogP contribution in [0.25, 0.3) is 0 Å². The maximum absolute atomic E-state index is 4.80. The van der Waals surface area contributed by atoms with E-state index in [0.717, 1.165) is 31.7 Å². The van der Waals surface area contributed by atoms with Crippen molar-refractivity contribution in [3.8, 4) is 0 Å². The van der Waals surface area contributed by atoms with Crippen LogP contribution in [0.3, 0.4) is 0 Å². The minimum Gasteiger partial charge on any atom is -0.346 e. The molecule has 2 heterocycles. The zero-order valence-electron chi connectivity index (χ0n) is 12.3. The number of hydrogen-bond donors (Lipinski definition) is 1. The van der Waals surface area contributed by atoms with Gasteiger partial charge in [0.05, 0.1) is 5.69 Å². The third kappa shape index (κ3) is 2.85. The van der Waals surface area contributed by atoms with Crippen LogP contribution in [-0.4, -0.2) is 48.1 Å². The number of aromatic nitrogens is 1. The summed E-state index contributed by atoms with van der Waals surface area (Å²) in [4.78, 5) is 11.4. The van der Waals surface area contributed by atoms with Gasteiger partial charge in [-0.1, -0.05) is 0 Å². The van der Waals surface area contributed by atoms with E-state index in [4.69, 9.17) is 4.98 Å². The van der Waals surface area contributed by atoms with Crippen molar-refractivity contribution in [2.45, 2.75) is 51.2 Å². The number of aryl methyl sites for hydroxylation is 1. The monoisotopic (exact) mass is 292 g/mol. The Kier molecular flexibility index (Phi) is 3.44. The largest absolute Gasteiger partial charge is 0.346 e. The molecule has 0 unspecified atom stereocenters. The lowest BCUT2D eigenvalue weighted by molar-refractivity contribution is 0.248. The van der Waals surface area contributed by atoms with Crippen LogP contribution in [0.1, 0.15) is 36.3 Å². The summed E-state index contributed by atoms with van der Waals surface area (Å²) in [5.74, 6) is 0. The van der Waals surface area contributed by atoms with E-state index in [2.05, 4.69) is 22.0 Å². The minimum atomic E-state index is 0.780. The highest BCUT2D eigenvalue weighted by atomic mass is 32.1. The van der Waals surface area contributed by atoms with Crippen molar-refractivity contribution >= 4 is 16.5 Å². The van der Waals surface area contributed by atoms with Crippen LogP contribution in [-0.2, 0) is 6.54 Å². The van der Waals surface area contributed by atoms with Crippen LogP contribution >= 0.6 is 11.3 Å². The summed E-state index contributed by atoms with van der Waals surface area (Å²) in [6.07, 6.45) is 5.56. The lowest BCUT2D eigenvalue weighted by Gasteiger charge is -2.34. The number of nitrogens with zero attached hydrogens (tertiary/aromatic N) is 3. The molecule has 1 aromatic heterocycles. The zero-order chi connectivity index (χ0) is 13.5. The fourth-order valence-electron chi connectivity index (χ4n) is 2.95. The third-order valence-electron chi connectivity index (χ3n) is 4.66. The number of nitrogens with one attached hydrogen (secondary N) is 1. The first-order valence-electron chi connectivity index (χ1n) is 7.98. The van der Waals surface area contributed by atoms with E-state index >= 15 is 0 Å². The first-order chi connectivity index (χ1) is 9.79. The van der Waals surface area contributed by atoms with Crippen molar-refractivity contribution in [1.29, 1.82) is 0 Å². The molecule has 2 saturated carbocycles. The van der Waals surface area contributed by atoms with E-state index < -0.39 is 0 Å². The van der Waals surface area contributed by atoms with Gasteiger partial charge in [-0.15, -0.1) is 11.3 Å². The van der Waals surface area contributed by atoms with Crippen molar-refractivity contribution in [1.82, 2.24) is 15.2 Å². The van der Waals surface area contributed by atoms with Gasteiger partial charge in [0, 0.05) is 49.7 Å². The molecule has 0 radical (unpaired) electrons. The Morgan fingerprint density at radius 2 is 1.90 bits per heavy atom. The second-order valence-corrected chi connectivity index (χ2v) is 7.48. The summed E-state index contributed by atoms with van der Waals surface area (Å²) in [6.45, 7) is 7.91. The van der Waals surface area contributed by atoms with Gasteiger partial charge < -0.3 is 10.2 Å². The average molecular weight is 292 g/mol. The topological polar surface area (TPSA) is 31.4 Å². The molecule has 0 aromatic carbocycles. The van der Waals surface area contributed by atoms with Crippen molar-refractivity contribution in [3.05, 3.63) is 10.6 Å². The Bertz CT molecular complexity index is 470. The molecule has 4 rings (SSSR count). The maximum atomic E-state index is 4.80. The lowest BCUT2D eigenvalue weighted by atomic mass is 10.3. The summed E-state index contributed by atoms with van der Waals surface area (Å²) in [5, 5.41) is 4.85. The number of anilines is 1. The van der Waals surface area contributed by atoms with E-state index in [1.54, 1.807) is 0 Å². The van der Waals surface area contributed by atoms with Crippen molar-refractivity contribution < 1.29 is 0 Å². The molecule has 0 spiro atoms. The Morgan fingerprint density at radius 3 is 2.55 bits per heavy atom. The minimum absolute atomic E-state index is 0.780. The highest BCUT2D eigenvalue weighted by Gasteiger charge is 2.31. The molecular weight excluding hydrogens is 268 g/mol. The molecule has 110 valence electrons. The molecule has 0 amide bonds. The van der Waals surface area contributed by atoms with Gasteiger partial charge in [-0.2, -0.15) is 0 Å². The van der Waals surface area contributed by atoms with Crippen LogP contribution in [0.15, 0.2) is 0 Å². The zero-order valence-corrected chi connectivity index (χ0v) is 13.1. The summed E-state index contributed by atoms with van der Waals surface area (Å²) in [5.41, 5.74) is 1.22. The van der Waals surface area contributed by atoms with E-state index in [1.165, 1.54) is 54.5 Å². The van der Waals surface area contributed by atoms with Gasteiger partial charge in [0.2, 0.25) is 0 Å². The van der Waals surface area contributed by atoms with Crippen LogP contribution in [0.2, 0.25) is 0 Å². The number of rotatable bonds is 5. The smallest absolute Gasteiger partial charge is 0.185 e. The van der Waals surface area contributed by atoms with Gasteiger partial charge in [-0.25, -0.2) is 4.98 Å². The molecule has 3 aliphatic rings. The van der Waals surface area contributed by atoms with E-state index in [-0.39, 0.29) is 0 Å².